The van der Waals surface area contributed by atoms with Crippen LogP contribution in [0.3, 0.4) is 0 Å². The highest BCUT2D eigenvalue weighted by molar-refractivity contribution is 5.97. The van der Waals surface area contributed by atoms with Gasteiger partial charge in [-0.25, -0.2) is 0 Å². The van der Waals surface area contributed by atoms with Crippen molar-refractivity contribution >= 4 is 5.91 Å². The first-order valence-corrected chi connectivity index (χ1v) is 7.36. The SMILES string of the molecule is COc1cc2c(cc1OC)C1Cc3ccccc3C(=O)N1C2. The molecule has 2 aromatic rings. The van der Waals surface area contributed by atoms with Crippen LogP contribution in [0.5, 0.6) is 11.5 Å². The van der Waals surface area contributed by atoms with Gasteiger partial charge in [0.05, 0.1) is 20.3 Å². The third-order valence-corrected chi connectivity index (χ3v) is 4.64. The lowest BCUT2D eigenvalue weighted by atomic mass is 9.91. The van der Waals surface area contributed by atoms with Crippen LogP contribution in [0.4, 0.5) is 0 Å². The van der Waals surface area contributed by atoms with Gasteiger partial charge in [0.15, 0.2) is 11.5 Å². The van der Waals surface area contributed by atoms with E-state index in [0.717, 1.165) is 28.9 Å². The van der Waals surface area contributed by atoms with Gasteiger partial charge in [-0.15, -0.1) is 0 Å². The van der Waals surface area contributed by atoms with Crippen LogP contribution < -0.4 is 9.47 Å². The van der Waals surface area contributed by atoms with Crippen LogP contribution in [-0.2, 0) is 13.0 Å². The van der Waals surface area contributed by atoms with Crippen molar-refractivity contribution in [2.75, 3.05) is 14.2 Å². The lowest BCUT2D eigenvalue weighted by Crippen LogP contribution is -2.35. The molecule has 0 aromatic heterocycles. The van der Waals surface area contributed by atoms with E-state index in [-0.39, 0.29) is 11.9 Å². The maximum atomic E-state index is 12.7. The van der Waals surface area contributed by atoms with Crippen molar-refractivity contribution in [3.05, 3.63) is 58.7 Å². The molecule has 0 saturated carbocycles. The van der Waals surface area contributed by atoms with Crippen LogP contribution in [0.1, 0.15) is 33.1 Å². The Morgan fingerprint density at radius 3 is 2.55 bits per heavy atom. The molecule has 1 amide bonds. The quantitative estimate of drug-likeness (QED) is 0.855. The third-order valence-electron chi connectivity index (χ3n) is 4.64. The van der Waals surface area contributed by atoms with Crippen molar-refractivity contribution in [1.29, 1.82) is 0 Å². The minimum atomic E-state index is 0.0946. The van der Waals surface area contributed by atoms with E-state index in [4.69, 9.17) is 9.47 Å². The smallest absolute Gasteiger partial charge is 0.254 e. The number of hydrogen-bond donors (Lipinski definition) is 0. The molecule has 0 aliphatic carbocycles. The van der Waals surface area contributed by atoms with Crippen molar-refractivity contribution in [1.82, 2.24) is 4.90 Å². The second kappa shape index (κ2) is 4.77. The van der Waals surface area contributed by atoms with Crippen molar-refractivity contribution in [3.63, 3.8) is 0 Å². The predicted octanol–water partition coefficient (Wildman–Crippen LogP) is 2.96. The summed E-state index contributed by atoms with van der Waals surface area (Å²) < 4.78 is 10.8. The van der Waals surface area contributed by atoms with E-state index in [0.29, 0.717) is 12.3 Å². The molecule has 112 valence electrons. The van der Waals surface area contributed by atoms with Gasteiger partial charge >= 0.3 is 0 Å². The average Bonchev–Trinajstić information content (AvgIpc) is 2.91. The maximum absolute atomic E-state index is 12.7. The van der Waals surface area contributed by atoms with Crippen LogP contribution >= 0.6 is 0 Å². The lowest BCUT2D eigenvalue weighted by Gasteiger charge is -2.31. The molecule has 0 bridgehead atoms. The molecule has 1 unspecified atom stereocenters. The fourth-order valence-corrected chi connectivity index (χ4v) is 3.55. The summed E-state index contributed by atoms with van der Waals surface area (Å²) in [5.41, 5.74) is 4.26. The minimum Gasteiger partial charge on any atom is -0.493 e. The first-order valence-electron chi connectivity index (χ1n) is 7.36. The van der Waals surface area contributed by atoms with E-state index in [2.05, 4.69) is 0 Å². The number of hydrogen-bond acceptors (Lipinski definition) is 3. The van der Waals surface area contributed by atoms with Crippen molar-refractivity contribution in [3.8, 4) is 11.5 Å². The van der Waals surface area contributed by atoms with Crippen molar-refractivity contribution < 1.29 is 14.3 Å². The number of carbonyl (C=O) groups is 1. The Bertz CT molecular complexity index is 769. The number of rotatable bonds is 2. The van der Waals surface area contributed by atoms with Crippen LogP contribution in [0.25, 0.3) is 0 Å². The normalized spacial score (nSPS) is 18.5. The fourth-order valence-electron chi connectivity index (χ4n) is 3.55. The number of carbonyl (C=O) groups excluding carboxylic acids is 1. The molecule has 0 N–H and O–H groups in total. The molecule has 4 nitrogen and oxygen atoms in total. The van der Waals surface area contributed by atoms with E-state index in [1.807, 2.05) is 41.3 Å². The van der Waals surface area contributed by atoms with Crippen molar-refractivity contribution in [2.45, 2.75) is 19.0 Å². The maximum Gasteiger partial charge on any atom is 0.254 e. The van der Waals surface area contributed by atoms with Crippen LogP contribution in [0.15, 0.2) is 36.4 Å². The number of amides is 1. The van der Waals surface area contributed by atoms with E-state index in [1.54, 1.807) is 14.2 Å². The second-order valence-electron chi connectivity index (χ2n) is 5.72. The van der Waals surface area contributed by atoms with Gasteiger partial charge < -0.3 is 14.4 Å². The summed E-state index contributed by atoms with van der Waals surface area (Å²) in [5.74, 6) is 1.54. The van der Waals surface area contributed by atoms with Gasteiger partial charge in [-0.05, 0) is 41.3 Å². The number of ether oxygens (including phenoxy) is 2. The van der Waals surface area contributed by atoms with Crippen LogP contribution in [0.2, 0.25) is 0 Å². The highest BCUT2D eigenvalue weighted by Crippen LogP contribution is 2.44. The minimum absolute atomic E-state index is 0.0946. The highest BCUT2D eigenvalue weighted by Gasteiger charge is 2.39. The zero-order valence-electron chi connectivity index (χ0n) is 12.6. The topological polar surface area (TPSA) is 38.8 Å². The number of fused-ring (bicyclic) bond motifs is 4. The molecule has 22 heavy (non-hydrogen) atoms. The second-order valence-corrected chi connectivity index (χ2v) is 5.72. The van der Waals surface area contributed by atoms with E-state index >= 15 is 0 Å². The molecule has 0 fully saturated rings. The zero-order chi connectivity index (χ0) is 15.3. The lowest BCUT2D eigenvalue weighted by molar-refractivity contribution is 0.0665. The van der Waals surface area contributed by atoms with E-state index in [1.165, 1.54) is 5.56 Å². The molecule has 4 rings (SSSR count). The van der Waals surface area contributed by atoms with Gasteiger partial charge in [-0.1, -0.05) is 18.2 Å². The summed E-state index contributed by atoms with van der Waals surface area (Å²) in [4.78, 5) is 14.7. The molecule has 2 heterocycles. The third kappa shape index (κ3) is 1.73. The summed E-state index contributed by atoms with van der Waals surface area (Å²) in [6.07, 6.45) is 0.852. The van der Waals surface area contributed by atoms with Gasteiger partial charge in [0.2, 0.25) is 0 Å². The zero-order valence-corrected chi connectivity index (χ0v) is 12.6. The standard InChI is InChI=1S/C18H17NO3/c1-21-16-8-12-10-19-15(14(12)9-17(16)22-2)7-11-5-3-4-6-13(11)18(19)20/h3-6,8-9,15H,7,10H2,1-2H3. The summed E-state index contributed by atoms with van der Waals surface area (Å²) in [6.45, 7) is 0.632. The molecule has 1 atom stereocenters. The summed E-state index contributed by atoms with van der Waals surface area (Å²) >= 11 is 0. The Morgan fingerprint density at radius 2 is 1.77 bits per heavy atom. The Labute approximate surface area is 129 Å². The highest BCUT2D eigenvalue weighted by atomic mass is 16.5. The van der Waals surface area contributed by atoms with E-state index in [9.17, 15) is 4.79 Å². The first kappa shape index (κ1) is 13.2. The van der Waals surface area contributed by atoms with Gasteiger partial charge in [0.1, 0.15) is 0 Å². The molecule has 2 aliphatic rings. The number of benzene rings is 2. The molecular weight excluding hydrogens is 278 g/mol. The van der Waals surface area contributed by atoms with Gasteiger partial charge in [-0.2, -0.15) is 0 Å². The van der Waals surface area contributed by atoms with Gasteiger partial charge in [0.25, 0.3) is 5.91 Å². The average molecular weight is 295 g/mol. The first-order chi connectivity index (χ1) is 10.7. The van der Waals surface area contributed by atoms with Crippen LogP contribution in [0, 0.1) is 0 Å². The predicted molar refractivity (Wildman–Crippen MR) is 82.3 cm³/mol. The fraction of sp³-hybridized carbons (Fsp3) is 0.278. The largest absolute Gasteiger partial charge is 0.493 e. The number of nitrogens with zero attached hydrogens (tertiary/aromatic N) is 1. The summed E-state index contributed by atoms with van der Waals surface area (Å²) in [7, 11) is 3.27. The summed E-state index contributed by atoms with van der Waals surface area (Å²) in [5, 5.41) is 0. The van der Waals surface area contributed by atoms with E-state index < -0.39 is 0 Å². The van der Waals surface area contributed by atoms with Crippen LogP contribution in [-0.4, -0.2) is 25.0 Å². The monoisotopic (exact) mass is 295 g/mol. The molecule has 2 aromatic carbocycles. The molecule has 0 spiro atoms. The van der Waals surface area contributed by atoms with Gasteiger partial charge in [-0.3, -0.25) is 4.79 Å². The van der Waals surface area contributed by atoms with Crippen molar-refractivity contribution in [2.24, 2.45) is 0 Å². The molecule has 0 radical (unpaired) electrons. The Balaban J connectivity index is 1.82. The molecular formula is C18H17NO3. The Kier molecular flexibility index (Phi) is 2.86. The molecule has 2 aliphatic heterocycles. The van der Waals surface area contributed by atoms with Gasteiger partial charge in [0, 0.05) is 12.1 Å². The Hall–Kier alpha value is -2.49. The molecule has 0 saturated heterocycles. The Morgan fingerprint density at radius 1 is 1.05 bits per heavy atom. The summed E-state index contributed by atoms with van der Waals surface area (Å²) in [6, 6.07) is 12.0. The number of methoxy groups -OCH3 is 2. The molecule has 4 heteroatoms.